The summed E-state index contributed by atoms with van der Waals surface area (Å²) in [5, 5.41) is 0. The van der Waals surface area contributed by atoms with E-state index >= 15 is 0 Å². The number of aromatic nitrogens is 1. The van der Waals surface area contributed by atoms with E-state index in [-0.39, 0.29) is 6.04 Å². The van der Waals surface area contributed by atoms with Gasteiger partial charge in [0.05, 0.1) is 4.47 Å². The van der Waals surface area contributed by atoms with Gasteiger partial charge in [0, 0.05) is 12.2 Å². The van der Waals surface area contributed by atoms with Crippen molar-refractivity contribution in [2.75, 3.05) is 0 Å². The van der Waals surface area contributed by atoms with Crippen molar-refractivity contribution in [2.24, 2.45) is 5.73 Å². The summed E-state index contributed by atoms with van der Waals surface area (Å²) in [6.45, 7) is 1.93. The second-order valence-electron chi connectivity index (χ2n) is 2.33. The Balaban J connectivity index is 3.05. The molecule has 0 aliphatic carbocycles. The average molecular weight is 280 g/mol. The van der Waals surface area contributed by atoms with Crippen LogP contribution in [0, 0.1) is 0 Å². The van der Waals surface area contributed by atoms with Gasteiger partial charge in [-0.2, -0.15) is 0 Å². The molecule has 1 aromatic rings. The quantitative estimate of drug-likeness (QED) is 0.803. The Morgan fingerprint density at radius 2 is 2.18 bits per heavy atom. The van der Waals surface area contributed by atoms with Crippen LogP contribution in [0.25, 0.3) is 0 Å². The van der Waals surface area contributed by atoms with Crippen molar-refractivity contribution >= 4 is 31.9 Å². The van der Waals surface area contributed by atoms with Crippen LogP contribution in [-0.2, 0) is 0 Å². The van der Waals surface area contributed by atoms with Crippen LogP contribution in [0.4, 0.5) is 0 Å². The monoisotopic (exact) mass is 278 g/mol. The molecule has 0 saturated carbocycles. The second kappa shape index (κ2) is 3.65. The standard InChI is InChI=1S/C7H8Br2N2/c1-4(10)5-2-6(8)7(9)11-3-5/h2-4H,10H2,1H3. The molecular formula is C7H8Br2N2. The highest BCUT2D eigenvalue weighted by Gasteiger charge is 2.02. The number of hydrogen-bond donors (Lipinski definition) is 1. The number of rotatable bonds is 1. The molecule has 2 N–H and O–H groups in total. The lowest BCUT2D eigenvalue weighted by atomic mass is 10.2. The van der Waals surface area contributed by atoms with Crippen molar-refractivity contribution < 1.29 is 0 Å². The predicted octanol–water partition coefficient (Wildman–Crippen LogP) is 2.63. The van der Waals surface area contributed by atoms with Crippen LogP contribution in [0.3, 0.4) is 0 Å². The van der Waals surface area contributed by atoms with E-state index in [2.05, 4.69) is 36.8 Å². The third-order valence-corrected chi connectivity index (χ3v) is 3.11. The lowest BCUT2D eigenvalue weighted by Gasteiger charge is -2.05. The van der Waals surface area contributed by atoms with Gasteiger partial charge in [0.2, 0.25) is 0 Å². The van der Waals surface area contributed by atoms with Gasteiger partial charge in [-0.1, -0.05) is 0 Å². The van der Waals surface area contributed by atoms with Crippen molar-refractivity contribution in [3.05, 3.63) is 26.9 Å². The van der Waals surface area contributed by atoms with Gasteiger partial charge in [-0.15, -0.1) is 0 Å². The SMILES string of the molecule is CC(N)c1cnc(Br)c(Br)c1. The number of nitrogens with zero attached hydrogens (tertiary/aromatic N) is 1. The zero-order valence-electron chi connectivity index (χ0n) is 6.01. The smallest absolute Gasteiger partial charge is 0.120 e. The molecule has 2 nitrogen and oxygen atoms in total. The summed E-state index contributed by atoms with van der Waals surface area (Å²) in [5.74, 6) is 0. The Morgan fingerprint density at radius 3 is 2.64 bits per heavy atom. The highest BCUT2D eigenvalue weighted by molar-refractivity contribution is 9.13. The van der Waals surface area contributed by atoms with Crippen LogP contribution in [0.5, 0.6) is 0 Å². The summed E-state index contributed by atoms with van der Waals surface area (Å²) in [4.78, 5) is 4.09. The van der Waals surface area contributed by atoms with Gasteiger partial charge < -0.3 is 5.73 Å². The molecule has 0 radical (unpaired) electrons. The number of pyridine rings is 1. The van der Waals surface area contributed by atoms with Crippen LogP contribution >= 0.6 is 31.9 Å². The van der Waals surface area contributed by atoms with E-state index in [1.54, 1.807) is 6.20 Å². The molecule has 60 valence electrons. The van der Waals surface area contributed by atoms with E-state index in [1.807, 2.05) is 13.0 Å². The van der Waals surface area contributed by atoms with Crippen molar-refractivity contribution in [3.8, 4) is 0 Å². The van der Waals surface area contributed by atoms with Crippen LogP contribution in [0.15, 0.2) is 21.3 Å². The summed E-state index contributed by atoms with van der Waals surface area (Å²) in [6.07, 6.45) is 1.76. The summed E-state index contributed by atoms with van der Waals surface area (Å²) < 4.78 is 1.74. The minimum absolute atomic E-state index is 0.0342. The van der Waals surface area contributed by atoms with E-state index in [9.17, 15) is 0 Å². The molecule has 1 atom stereocenters. The molecular weight excluding hydrogens is 272 g/mol. The van der Waals surface area contributed by atoms with E-state index in [0.29, 0.717) is 0 Å². The van der Waals surface area contributed by atoms with Gasteiger partial charge in [-0.25, -0.2) is 4.98 Å². The first-order valence-electron chi connectivity index (χ1n) is 3.18. The number of hydrogen-bond acceptors (Lipinski definition) is 2. The molecule has 1 rings (SSSR count). The van der Waals surface area contributed by atoms with Crippen LogP contribution in [0.1, 0.15) is 18.5 Å². The summed E-state index contributed by atoms with van der Waals surface area (Å²) in [7, 11) is 0. The molecule has 0 amide bonds. The third kappa shape index (κ3) is 2.25. The fourth-order valence-corrected chi connectivity index (χ4v) is 1.27. The molecule has 0 saturated heterocycles. The first-order chi connectivity index (χ1) is 5.11. The number of nitrogens with two attached hydrogens (primary N) is 1. The van der Waals surface area contributed by atoms with Crippen molar-refractivity contribution in [1.29, 1.82) is 0 Å². The highest BCUT2D eigenvalue weighted by atomic mass is 79.9. The zero-order chi connectivity index (χ0) is 8.43. The maximum absolute atomic E-state index is 5.66. The van der Waals surface area contributed by atoms with Crippen LogP contribution in [-0.4, -0.2) is 4.98 Å². The Kier molecular flexibility index (Phi) is 3.04. The molecule has 1 heterocycles. The average Bonchev–Trinajstić information content (AvgIpc) is 1.94. The minimum atomic E-state index is 0.0342. The van der Waals surface area contributed by atoms with Gasteiger partial charge in [-0.3, -0.25) is 0 Å². The van der Waals surface area contributed by atoms with E-state index in [0.717, 1.165) is 14.6 Å². The Labute approximate surface area is 82.5 Å². The van der Waals surface area contributed by atoms with Crippen molar-refractivity contribution in [3.63, 3.8) is 0 Å². The van der Waals surface area contributed by atoms with E-state index < -0.39 is 0 Å². The molecule has 0 aromatic carbocycles. The highest BCUT2D eigenvalue weighted by Crippen LogP contribution is 2.22. The third-order valence-electron chi connectivity index (χ3n) is 1.34. The van der Waals surface area contributed by atoms with E-state index in [1.165, 1.54) is 0 Å². The van der Waals surface area contributed by atoms with Crippen molar-refractivity contribution in [1.82, 2.24) is 4.98 Å². The first kappa shape index (κ1) is 9.16. The molecule has 0 aliphatic heterocycles. The molecule has 0 aliphatic rings. The second-order valence-corrected chi connectivity index (χ2v) is 3.94. The number of halogens is 2. The van der Waals surface area contributed by atoms with Gasteiger partial charge in [-0.05, 0) is 50.4 Å². The predicted molar refractivity (Wildman–Crippen MR) is 52.2 cm³/mol. The minimum Gasteiger partial charge on any atom is -0.324 e. The van der Waals surface area contributed by atoms with Gasteiger partial charge in [0.25, 0.3) is 0 Å². The molecule has 0 bridgehead atoms. The molecule has 11 heavy (non-hydrogen) atoms. The largest absolute Gasteiger partial charge is 0.324 e. The summed E-state index contributed by atoms with van der Waals surface area (Å²) in [5.41, 5.74) is 6.68. The molecule has 0 spiro atoms. The summed E-state index contributed by atoms with van der Waals surface area (Å²) >= 11 is 6.63. The van der Waals surface area contributed by atoms with Gasteiger partial charge >= 0.3 is 0 Å². The maximum Gasteiger partial charge on any atom is 0.120 e. The molecule has 4 heteroatoms. The van der Waals surface area contributed by atoms with Gasteiger partial charge in [0.1, 0.15) is 4.60 Å². The van der Waals surface area contributed by atoms with E-state index in [4.69, 9.17) is 5.73 Å². The fourth-order valence-electron chi connectivity index (χ4n) is 0.685. The van der Waals surface area contributed by atoms with Crippen LogP contribution < -0.4 is 5.73 Å². The topological polar surface area (TPSA) is 38.9 Å². The lowest BCUT2D eigenvalue weighted by molar-refractivity contribution is 0.809. The molecule has 1 unspecified atom stereocenters. The Bertz CT molecular complexity index is 261. The fraction of sp³-hybridized carbons (Fsp3) is 0.286. The van der Waals surface area contributed by atoms with Gasteiger partial charge in [0.15, 0.2) is 0 Å². The van der Waals surface area contributed by atoms with Crippen molar-refractivity contribution in [2.45, 2.75) is 13.0 Å². The maximum atomic E-state index is 5.66. The Morgan fingerprint density at radius 1 is 1.55 bits per heavy atom. The molecule has 0 fully saturated rings. The normalized spacial score (nSPS) is 13.1. The zero-order valence-corrected chi connectivity index (χ0v) is 9.18. The first-order valence-corrected chi connectivity index (χ1v) is 4.76. The lowest BCUT2D eigenvalue weighted by Crippen LogP contribution is -2.05. The summed E-state index contributed by atoms with van der Waals surface area (Å²) in [6, 6.07) is 1.99. The van der Waals surface area contributed by atoms with Crippen LogP contribution in [0.2, 0.25) is 0 Å². The Hall–Kier alpha value is 0.0700. The molecule has 1 aromatic heterocycles.